The molecular formula is C27H39NO3S. The highest BCUT2D eigenvalue weighted by Crippen LogP contribution is 2.67. The van der Waals surface area contributed by atoms with Gasteiger partial charge >= 0.3 is 0 Å². The summed E-state index contributed by atoms with van der Waals surface area (Å²) < 4.78 is 0. The molecule has 176 valence electrons. The monoisotopic (exact) mass is 457 g/mol. The molecule has 4 rings (SSSR count). The number of hydrogen-bond acceptors (Lipinski definition) is 4. The number of carbonyl (C=O) groups is 3. The van der Waals surface area contributed by atoms with Gasteiger partial charge in [-0.15, -0.1) is 0 Å². The van der Waals surface area contributed by atoms with Crippen molar-refractivity contribution in [3.05, 3.63) is 23.8 Å². The fraction of sp³-hybridized carbons (Fsp3) is 0.741. The molecule has 5 heteroatoms. The van der Waals surface area contributed by atoms with E-state index in [1.54, 1.807) is 6.08 Å². The number of rotatable bonds is 6. The van der Waals surface area contributed by atoms with Crippen molar-refractivity contribution >= 4 is 28.6 Å². The standard InChI is InChI=1S/C27H39NO3S/c1-5-24(30)28-14-15-32-25(31)17(2)21-8-9-22-20-7-6-18-16-19(29)10-12-26(18,3)23(20)11-13-27(21,22)4/h10,12,16-17,20-23H,5-9,11,13-15H2,1-4H3,(H,28,30)/t17-,20-,21+,22-,23-,26-,27+/m0/s1. The Morgan fingerprint density at radius 2 is 1.97 bits per heavy atom. The molecule has 0 spiro atoms. The quantitative estimate of drug-likeness (QED) is 0.547. The summed E-state index contributed by atoms with van der Waals surface area (Å²) in [5.74, 6) is 3.36. The van der Waals surface area contributed by atoms with Crippen LogP contribution in [0, 0.1) is 40.4 Å². The van der Waals surface area contributed by atoms with Crippen LogP contribution < -0.4 is 5.32 Å². The molecule has 0 aromatic heterocycles. The third-order valence-electron chi connectivity index (χ3n) is 9.59. The van der Waals surface area contributed by atoms with E-state index in [-0.39, 0.29) is 28.4 Å². The van der Waals surface area contributed by atoms with Crippen LogP contribution >= 0.6 is 11.8 Å². The van der Waals surface area contributed by atoms with Gasteiger partial charge in [0.15, 0.2) is 10.9 Å². The van der Waals surface area contributed by atoms with Gasteiger partial charge in [0.05, 0.1) is 0 Å². The summed E-state index contributed by atoms with van der Waals surface area (Å²) in [4.78, 5) is 36.4. The zero-order chi connectivity index (χ0) is 23.1. The number of carbonyl (C=O) groups excluding carboxylic acids is 3. The maximum Gasteiger partial charge on any atom is 0.219 e. The summed E-state index contributed by atoms with van der Waals surface area (Å²) in [5, 5.41) is 3.16. The van der Waals surface area contributed by atoms with E-state index in [0.717, 1.165) is 12.8 Å². The van der Waals surface area contributed by atoms with E-state index in [4.69, 9.17) is 0 Å². The molecule has 32 heavy (non-hydrogen) atoms. The number of nitrogens with one attached hydrogen (secondary N) is 1. The molecule has 1 amide bonds. The molecular weight excluding hydrogens is 418 g/mol. The number of fused-ring (bicyclic) bond motifs is 5. The second kappa shape index (κ2) is 9.12. The first-order chi connectivity index (χ1) is 15.2. The van der Waals surface area contributed by atoms with Crippen LogP contribution in [0.5, 0.6) is 0 Å². The van der Waals surface area contributed by atoms with E-state index in [1.807, 2.05) is 13.0 Å². The van der Waals surface area contributed by atoms with Crippen LogP contribution in [0.15, 0.2) is 23.8 Å². The van der Waals surface area contributed by atoms with Crippen molar-refractivity contribution in [2.45, 2.75) is 72.6 Å². The zero-order valence-corrected chi connectivity index (χ0v) is 20.9. The Kier molecular flexibility index (Phi) is 6.78. The maximum atomic E-state index is 13.0. The van der Waals surface area contributed by atoms with Gasteiger partial charge in [-0.3, -0.25) is 14.4 Å². The SMILES string of the molecule is CCC(=O)NCCSC(=O)[C@@H](C)[C@H]1CC[C@H]2[C@@H]3CCC4=CC(=O)C=C[C@]4(C)[C@H]3CC[C@]12C. The Bertz CT molecular complexity index is 848. The van der Waals surface area contributed by atoms with Gasteiger partial charge in [0.2, 0.25) is 5.91 Å². The predicted molar refractivity (Wildman–Crippen MR) is 130 cm³/mol. The molecule has 0 unspecified atom stereocenters. The van der Waals surface area contributed by atoms with Crippen LogP contribution in [0.1, 0.15) is 72.6 Å². The average molecular weight is 458 g/mol. The second-order valence-electron chi connectivity index (χ2n) is 11.0. The maximum absolute atomic E-state index is 13.0. The Hall–Kier alpha value is -1.36. The fourth-order valence-electron chi connectivity index (χ4n) is 7.82. The summed E-state index contributed by atoms with van der Waals surface area (Å²) in [7, 11) is 0. The topological polar surface area (TPSA) is 63.2 Å². The van der Waals surface area contributed by atoms with Crippen molar-refractivity contribution in [2.75, 3.05) is 12.3 Å². The van der Waals surface area contributed by atoms with Crippen molar-refractivity contribution in [3.63, 3.8) is 0 Å². The molecule has 1 N–H and O–H groups in total. The van der Waals surface area contributed by atoms with Gasteiger partial charge in [-0.1, -0.05) is 51.1 Å². The molecule has 0 aromatic carbocycles. The molecule has 0 aromatic rings. The van der Waals surface area contributed by atoms with E-state index in [9.17, 15) is 14.4 Å². The third-order valence-corrected chi connectivity index (χ3v) is 10.7. The Balaban J connectivity index is 1.42. The molecule has 3 saturated carbocycles. The van der Waals surface area contributed by atoms with Gasteiger partial charge < -0.3 is 5.32 Å². The van der Waals surface area contributed by atoms with Crippen molar-refractivity contribution < 1.29 is 14.4 Å². The van der Waals surface area contributed by atoms with Crippen molar-refractivity contribution in [1.82, 2.24) is 5.32 Å². The predicted octanol–water partition coefficient (Wildman–Crippen LogP) is 5.33. The fourth-order valence-corrected chi connectivity index (χ4v) is 8.65. The number of allylic oxidation sites excluding steroid dienone is 4. The third kappa shape index (κ3) is 4.03. The lowest BCUT2D eigenvalue weighted by molar-refractivity contribution is -0.121. The van der Waals surface area contributed by atoms with E-state index in [0.29, 0.717) is 47.5 Å². The molecule has 0 bridgehead atoms. The van der Waals surface area contributed by atoms with Gasteiger partial charge in [-0.25, -0.2) is 0 Å². The largest absolute Gasteiger partial charge is 0.355 e. The van der Waals surface area contributed by atoms with Gasteiger partial charge in [0, 0.05) is 30.1 Å². The summed E-state index contributed by atoms with van der Waals surface area (Å²) in [6.07, 6.45) is 13.4. The van der Waals surface area contributed by atoms with Crippen LogP contribution in [0.3, 0.4) is 0 Å². The molecule has 0 heterocycles. The Labute approximate surface area is 197 Å². The van der Waals surface area contributed by atoms with Gasteiger partial charge in [-0.2, -0.15) is 0 Å². The molecule has 0 aliphatic heterocycles. The number of ketones is 1. The number of hydrogen-bond donors (Lipinski definition) is 1. The molecule has 7 atom stereocenters. The highest BCUT2D eigenvalue weighted by atomic mass is 32.2. The van der Waals surface area contributed by atoms with Gasteiger partial charge in [-0.05, 0) is 79.8 Å². The van der Waals surface area contributed by atoms with E-state index in [2.05, 4.69) is 32.2 Å². The normalized spacial score (nSPS) is 38.9. The summed E-state index contributed by atoms with van der Waals surface area (Å²) >= 11 is 1.40. The minimum Gasteiger partial charge on any atom is -0.355 e. The summed E-state index contributed by atoms with van der Waals surface area (Å²) in [5.41, 5.74) is 1.62. The van der Waals surface area contributed by atoms with E-state index < -0.39 is 0 Å². The van der Waals surface area contributed by atoms with Crippen LogP contribution in [0.4, 0.5) is 0 Å². The lowest BCUT2D eigenvalue weighted by atomic mass is 9.47. The molecule has 0 saturated heterocycles. The molecule has 4 aliphatic rings. The lowest BCUT2D eigenvalue weighted by Gasteiger charge is -2.57. The molecule has 4 aliphatic carbocycles. The average Bonchev–Trinajstić information content (AvgIpc) is 3.13. The number of amides is 1. The molecule has 4 nitrogen and oxygen atoms in total. The molecule has 3 fully saturated rings. The first-order valence-electron chi connectivity index (χ1n) is 12.6. The van der Waals surface area contributed by atoms with Crippen LogP contribution in [-0.4, -0.2) is 29.1 Å². The van der Waals surface area contributed by atoms with Gasteiger partial charge in [0.1, 0.15) is 0 Å². The van der Waals surface area contributed by atoms with Crippen LogP contribution in [-0.2, 0) is 14.4 Å². The Morgan fingerprint density at radius 1 is 1.19 bits per heavy atom. The van der Waals surface area contributed by atoms with Crippen LogP contribution in [0.2, 0.25) is 0 Å². The summed E-state index contributed by atoms with van der Waals surface area (Å²) in [6.45, 7) is 9.37. The van der Waals surface area contributed by atoms with Crippen molar-refractivity contribution in [2.24, 2.45) is 40.4 Å². The first-order valence-corrected chi connectivity index (χ1v) is 13.6. The van der Waals surface area contributed by atoms with E-state index in [1.165, 1.54) is 43.0 Å². The lowest BCUT2D eigenvalue weighted by Crippen LogP contribution is -2.50. The zero-order valence-electron chi connectivity index (χ0n) is 20.1. The number of thioether (sulfide) groups is 1. The first kappa shape index (κ1) is 23.8. The second-order valence-corrected chi connectivity index (χ2v) is 12.1. The smallest absolute Gasteiger partial charge is 0.219 e. The highest BCUT2D eigenvalue weighted by molar-refractivity contribution is 8.13. The van der Waals surface area contributed by atoms with Crippen molar-refractivity contribution in [1.29, 1.82) is 0 Å². The highest BCUT2D eigenvalue weighted by Gasteiger charge is 2.59. The summed E-state index contributed by atoms with van der Waals surface area (Å²) in [6, 6.07) is 0. The van der Waals surface area contributed by atoms with Gasteiger partial charge in [0.25, 0.3) is 0 Å². The molecule has 0 radical (unpaired) electrons. The van der Waals surface area contributed by atoms with Crippen molar-refractivity contribution in [3.8, 4) is 0 Å². The Morgan fingerprint density at radius 3 is 2.72 bits per heavy atom. The van der Waals surface area contributed by atoms with E-state index >= 15 is 0 Å². The minimum atomic E-state index is 0.0381. The minimum absolute atomic E-state index is 0.0381. The van der Waals surface area contributed by atoms with Crippen LogP contribution in [0.25, 0.3) is 0 Å².